The van der Waals surface area contributed by atoms with Crippen molar-refractivity contribution in [2.75, 3.05) is 13.7 Å². The first-order chi connectivity index (χ1) is 5.49. The predicted molar refractivity (Wildman–Crippen MR) is 38.1 cm³/mol. The third kappa shape index (κ3) is 1.35. The Morgan fingerprint density at radius 2 is 2.25 bits per heavy atom. The van der Waals surface area contributed by atoms with Crippen LogP contribution in [0.5, 0.6) is 0 Å². The number of likely N-dealkylation sites (tertiary alicyclic amines) is 1. The first-order valence-electron chi connectivity index (χ1n) is 3.71. The zero-order chi connectivity index (χ0) is 9.35. The summed E-state index contributed by atoms with van der Waals surface area (Å²) >= 11 is 0. The molecule has 1 fully saturated rings. The van der Waals surface area contributed by atoms with Gasteiger partial charge in [-0.05, 0) is 6.92 Å². The lowest BCUT2D eigenvalue weighted by atomic mass is 10.2. The number of hydrogen-bond acceptors (Lipinski definition) is 2. The van der Waals surface area contributed by atoms with Gasteiger partial charge in [0.2, 0.25) is 0 Å². The van der Waals surface area contributed by atoms with Crippen LogP contribution < -0.4 is 0 Å². The van der Waals surface area contributed by atoms with Crippen LogP contribution in [0.2, 0.25) is 0 Å². The summed E-state index contributed by atoms with van der Waals surface area (Å²) in [6, 6.07) is -1.05. The molecule has 0 aliphatic carbocycles. The second kappa shape index (κ2) is 2.88. The Morgan fingerprint density at radius 1 is 1.67 bits per heavy atom. The normalized spacial score (nSPS) is 27.3. The molecule has 1 aliphatic heterocycles. The fourth-order valence-electron chi connectivity index (χ4n) is 1.27. The second-order valence-corrected chi connectivity index (χ2v) is 2.85. The van der Waals surface area contributed by atoms with Crippen LogP contribution in [0.1, 0.15) is 13.3 Å². The maximum Gasteiger partial charge on any atom is 0.409 e. The van der Waals surface area contributed by atoms with Crippen LogP contribution in [-0.4, -0.2) is 36.6 Å². The van der Waals surface area contributed by atoms with Crippen molar-refractivity contribution in [2.24, 2.45) is 0 Å². The Labute approximate surface area is 69.3 Å². The summed E-state index contributed by atoms with van der Waals surface area (Å²) < 4.78 is 30.0. The van der Waals surface area contributed by atoms with E-state index in [4.69, 9.17) is 0 Å². The van der Waals surface area contributed by atoms with Gasteiger partial charge in [0.05, 0.1) is 13.2 Å². The first kappa shape index (κ1) is 9.22. The van der Waals surface area contributed by atoms with Gasteiger partial charge in [-0.2, -0.15) is 0 Å². The highest BCUT2D eigenvalue weighted by molar-refractivity contribution is 5.68. The van der Waals surface area contributed by atoms with Crippen LogP contribution >= 0.6 is 0 Å². The van der Waals surface area contributed by atoms with Gasteiger partial charge in [0.15, 0.2) is 0 Å². The van der Waals surface area contributed by atoms with E-state index in [-0.39, 0.29) is 13.0 Å². The molecule has 0 bridgehead atoms. The molecule has 1 aliphatic rings. The first-order valence-corrected chi connectivity index (χ1v) is 3.71. The molecule has 0 aromatic heterocycles. The zero-order valence-corrected chi connectivity index (χ0v) is 7.01. The molecular weight excluding hydrogens is 168 g/mol. The Morgan fingerprint density at radius 3 is 2.58 bits per heavy atom. The number of halogens is 2. The highest BCUT2D eigenvalue weighted by Crippen LogP contribution is 2.33. The average molecular weight is 179 g/mol. The number of amides is 1. The third-order valence-electron chi connectivity index (χ3n) is 2.17. The third-order valence-corrected chi connectivity index (χ3v) is 2.17. The number of nitrogens with zero attached hydrogens (tertiary/aromatic N) is 1. The van der Waals surface area contributed by atoms with E-state index < -0.39 is 18.1 Å². The predicted octanol–water partition coefficient (Wildman–Crippen LogP) is 1.48. The van der Waals surface area contributed by atoms with Gasteiger partial charge in [-0.3, -0.25) is 4.90 Å². The van der Waals surface area contributed by atoms with Crippen molar-refractivity contribution < 1.29 is 18.3 Å². The van der Waals surface area contributed by atoms with Crippen molar-refractivity contribution in [2.45, 2.75) is 25.3 Å². The minimum absolute atomic E-state index is 0.0703. The van der Waals surface area contributed by atoms with E-state index in [1.165, 1.54) is 14.0 Å². The van der Waals surface area contributed by atoms with Gasteiger partial charge in [0, 0.05) is 13.0 Å². The fourth-order valence-corrected chi connectivity index (χ4v) is 1.27. The summed E-state index contributed by atoms with van der Waals surface area (Å²) in [7, 11) is 1.19. The van der Waals surface area contributed by atoms with Crippen LogP contribution in [0.25, 0.3) is 0 Å². The monoisotopic (exact) mass is 179 g/mol. The van der Waals surface area contributed by atoms with Crippen molar-refractivity contribution in [1.82, 2.24) is 4.90 Å². The molecule has 5 heteroatoms. The molecule has 1 heterocycles. The van der Waals surface area contributed by atoms with E-state index in [1.807, 2.05) is 0 Å². The Bertz CT molecular complexity index is 196. The largest absolute Gasteiger partial charge is 0.453 e. The Kier molecular flexibility index (Phi) is 2.21. The van der Waals surface area contributed by atoms with Crippen molar-refractivity contribution in [3.8, 4) is 0 Å². The molecule has 0 aromatic rings. The molecule has 1 amide bonds. The molecule has 3 nitrogen and oxygen atoms in total. The topological polar surface area (TPSA) is 29.5 Å². The van der Waals surface area contributed by atoms with Crippen molar-refractivity contribution in [3.63, 3.8) is 0 Å². The van der Waals surface area contributed by atoms with Gasteiger partial charge < -0.3 is 4.74 Å². The number of hydrogen-bond donors (Lipinski definition) is 0. The second-order valence-electron chi connectivity index (χ2n) is 2.85. The van der Waals surface area contributed by atoms with Gasteiger partial charge in [0.25, 0.3) is 5.92 Å². The zero-order valence-electron chi connectivity index (χ0n) is 7.01. The van der Waals surface area contributed by atoms with E-state index in [0.717, 1.165) is 4.90 Å². The Balaban J connectivity index is 2.67. The number of carbonyl (C=O) groups is 1. The van der Waals surface area contributed by atoms with Crippen LogP contribution in [0.4, 0.5) is 13.6 Å². The number of rotatable bonds is 0. The maximum absolute atomic E-state index is 12.8. The van der Waals surface area contributed by atoms with Gasteiger partial charge in [-0.1, -0.05) is 0 Å². The van der Waals surface area contributed by atoms with E-state index in [0.29, 0.717) is 0 Å². The average Bonchev–Trinajstić information content (AvgIpc) is 2.27. The minimum atomic E-state index is -2.77. The lowest BCUT2D eigenvalue weighted by Gasteiger charge is -2.22. The molecule has 0 aromatic carbocycles. The van der Waals surface area contributed by atoms with E-state index in [2.05, 4.69) is 4.74 Å². The van der Waals surface area contributed by atoms with E-state index >= 15 is 0 Å². The molecule has 1 saturated heterocycles. The lowest BCUT2D eigenvalue weighted by Crippen LogP contribution is -2.39. The fraction of sp³-hybridized carbons (Fsp3) is 0.857. The highest BCUT2D eigenvalue weighted by Gasteiger charge is 2.48. The number of carbonyl (C=O) groups excluding carboxylic acids is 1. The molecule has 1 unspecified atom stereocenters. The number of ether oxygens (including phenoxy) is 1. The lowest BCUT2D eigenvalue weighted by molar-refractivity contribution is -0.0243. The van der Waals surface area contributed by atoms with Crippen LogP contribution in [0, 0.1) is 0 Å². The summed E-state index contributed by atoms with van der Waals surface area (Å²) in [5.74, 6) is -2.77. The smallest absolute Gasteiger partial charge is 0.409 e. The quantitative estimate of drug-likeness (QED) is 0.563. The Hall–Kier alpha value is -0.870. The van der Waals surface area contributed by atoms with E-state index in [1.54, 1.807) is 0 Å². The van der Waals surface area contributed by atoms with Crippen LogP contribution in [0.3, 0.4) is 0 Å². The highest BCUT2D eigenvalue weighted by atomic mass is 19.3. The summed E-state index contributed by atoms with van der Waals surface area (Å²) in [5.41, 5.74) is 0. The summed E-state index contributed by atoms with van der Waals surface area (Å²) in [6.45, 7) is 1.39. The standard InChI is InChI=1S/C7H11F2NO2/c1-5-7(8,9)3-4-10(5)6(11)12-2/h5H,3-4H2,1-2H3. The molecule has 0 radical (unpaired) electrons. The molecule has 0 N–H and O–H groups in total. The number of methoxy groups -OCH3 is 1. The van der Waals surface area contributed by atoms with Gasteiger partial charge in [-0.25, -0.2) is 13.6 Å². The summed E-state index contributed by atoms with van der Waals surface area (Å²) in [6.07, 6.45) is -0.955. The van der Waals surface area contributed by atoms with Crippen molar-refractivity contribution >= 4 is 6.09 Å². The van der Waals surface area contributed by atoms with E-state index in [9.17, 15) is 13.6 Å². The molecule has 12 heavy (non-hydrogen) atoms. The molecule has 1 rings (SSSR count). The van der Waals surface area contributed by atoms with Crippen molar-refractivity contribution in [1.29, 1.82) is 0 Å². The molecule has 1 atom stereocenters. The van der Waals surface area contributed by atoms with Gasteiger partial charge in [0.1, 0.15) is 0 Å². The SMILES string of the molecule is COC(=O)N1CCC(F)(F)C1C. The van der Waals surface area contributed by atoms with Crippen LogP contribution in [0.15, 0.2) is 0 Å². The molecule has 0 saturated carbocycles. The molecular formula is C7H11F2NO2. The minimum Gasteiger partial charge on any atom is -0.453 e. The molecule has 70 valence electrons. The maximum atomic E-state index is 12.8. The molecule has 0 spiro atoms. The van der Waals surface area contributed by atoms with Gasteiger partial charge >= 0.3 is 6.09 Å². The van der Waals surface area contributed by atoms with Crippen LogP contribution in [-0.2, 0) is 4.74 Å². The summed E-state index contributed by atoms with van der Waals surface area (Å²) in [5, 5.41) is 0. The number of alkyl halides is 2. The van der Waals surface area contributed by atoms with Gasteiger partial charge in [-0.15, -0.1) is 0 Å². The van der Waals surface area contributed by atoms with Crippen molar-refractivity contribution in [3.05, 3.63) is 0 Å². The summed E-state index contributed by atoms with van der Waals surface area (Å²) in [4.78, 5) is 11.9.